The van der Waals surface area contributed by atoms with Gasteiger partial charge in [-0.25, -0.2) is 8.42 Å². The van der Waals surface area contributed by atoms with Crippen LogP contribution in [0.3, 0.4) is 0 Å². The van der Waals surface area contributed by atoms with Crippen LogP contribution in [0.25, 0.3) is 0 Å². The van der Waals surface area contributed by atoms with Crippen molar-refractivity contribution in [1.29, 1.82) is 0 Å². The van der Waals surface area contributed by atoms with Crippen LogP contribution in [0.1, 0.15) is 6.42 Å². The Balaban J connectivity index is 2.97. The third-order valence-corrected chi connectivity index (χ3v) is 3.88. The van der Waals surface area contributed by atoms with E-state index < -0.39 is 28.6 Å². The summed E-state index contributed by atoms with van der Waals surface area (Å²) >= 11 is 3.07. The monoisotopic (exact) mass is 338 g/mol. The van der Waals surface area contributed by atoms with Crippen LogP contribution in [0, 0.1) is 0 Å². The average molecular weight is 339 g/mol. The number of sulfonamides is 1. The van der Waals surface area contributed by atoms with Gasteiger partial charge in [0, 0.05) is 23.5 Å². The number of carboxylic acid groups (broad SMARTS) is 1. The summed E-state index contributed by atoms with van der Waals surface area (Å²) in [6.07, 6.45) is 2.29. The average Bonchev–Trinajstić information content (AvgIpc) is 2.28. The van der Waals surface area contributed by atoms with Crippen molar-refractivity contribution >= 4 is 31.9 Å². The van der Waals surface area contributed by atoms with Crippen LogP contribution >= 0.6 is 15.9 Å². The van der Waals surface area contributed by atoms with E-state index in [-0.39, 0.29) is 11.3 Å². The first-order valence-corrected chi connectivity index (χ1v) is 7.11. The largest absolute Gasteiger partial charge is 0.480 e. The molecule has 100 valence electrons. The van der Waals surface area contributed by atoms with Crippen LogP contribution in [0.4, 0.5) is 0 Å². The van der Waals surface area contributed by atoms with Gasteiger partial charge in [0.25, 0.3) is 0 Å². The molecule has 18 heavy (non-hydrogen) atoms. The summed E-state index contributed by atoms with van der Waals surface area (Å²) in [6, 6.07) is -0.0771. The van der Waals surface area contributed by atoms with Crippen molar-refractivity contribution in [1.82, 2.24) is 9.71 Å². The molecule has 0 radical (unpaired) electrons. The molecule has 1 atom stereocenters. The fourth-order valence-corrected chi connectivity index (χ4v) is 2.88. The maximum atomic E-state index is 11.9. The molecule has 1 rings (SSSR count). The summed E-state index contributed by atoms with van der Waals surface area (Å²) in [4.78, 5) is 14.3. The summed E-state index contributed by atoms with van der Waals surface area (Å²) in [5, 5.41) is 17.5. The standard InChI is InChI=1S/C9H11BrN2O5S/c10-6-3-7(5-11-4-6)18(16,17)12-8(1-2-13)9(14)15/h3-5,8,12-13H,1-2H2,(H,14,15). The molecule has 0 aliphatic carbocycles. The topological polar surface area (TPSA) is 117 Å². The summed E-state index contributed by atoms with van der Waals surface area (Å²) in [6.45, 7) is -0.434. The molecule has 9 heteroatoms. The Morgan fingerprint density at radius 2 is 2.17 bits per heavy atom. The highest BCUT2D eigenvalue weighted by atomic mass is 79.9. The van der Waals surface area contributed by atoms with Crippen LogP contribution in [-0.4, -0.2) is 42.2 Å². The summed E-state index contributed by atoms with van der Waals surface area (Å²) in [5.74, 6) is -1.35. The first kappa shape index (κ1) is 15.0. The van der Waals surface area contributed by atoms with Gasteiger partial charge in [-0.1, -0.05) is 0 Å². The maximum Gasteiger partial charge on any atom is 0.321 e. The predicted octanol–water partition coefficient (Wildman–Crippen LogP) is -0.0420. The number of carbonyl (C=O) groups is 1. The van der Waals surface area contributed by atoms with Gasteiger partial charge in [0.2, 0.25) is 10.0 Å². The van der Waals surface area contributed by atoms with Crippen molar-refractivity contribution in [2.45, 2.75) is 17.4 Å². The van der Waals surface area contributed by atoms with E-state index in [1.54, 1.807) is 0 Å². The smallest absolute Gasteiger partial charge is 0.321 e. The van der Waals surface area contributed by atoms with Gasteiger partial charge in [-0.05, 0) is 28.4 Å². The molecule has 0 aliphatic rings. The Bertz CT molecular complexity index is 534. The highest BCUT2D eigenvalue weighted by Gasteiger charge is 2.25. The number of aromatic nitrogens is 1. The number of halogens is 1. The zero-order valence-electron chi connectivity index (χ0n) is 9.08. The third kappa shape index (κ3) is 4.02. The van der Waals surface area contributed by atoms with Crippen molar-refractivity contribution in [3.8, 4) is 0 Å². The normalized spacial score (nSPS) is 13.2. The SMILES string of the molecule is O=C(O)C(CCO)NS(=O)(=O)c1cncc(Br)c1. The van der Waals surface area contributed by atoms with Crippen LogP contribution < -0.4 is 4.72 Å². The Labute approximate surface area is 112 Å². The molecule has 0 aromatic carbocycles. The maximum absolute atomic E-state index is 11.9. The van der Waals surface area contributed by atoms with E-state index in [0.29, 0.717) is 4.47 Å². The molecule has 1 heterocycles. The Morgan fingerprint density at radius 1 is 1.50 bits per heavy atom. The van der Waals surface area contributed by atoms with E-state index in [1.165, 1.54) is 12.3 Å². The van der Waals surface area contributed by atoms with E-state index in [4.69, 9.17) is 10.2 Å². The second kappa shape index (κ2) is 6.23. The minimum absolute atomic E-state index is 0.152. The quantitative estimate of drug-likeness (QED) is 0.670. The first-order chi connectivity index (χ1) is 8.36. The summed E-state index contributed by atoms with van der Waals surface area (Å²) in [7, 11) is -3.98. The summed E-state index contributed by atoms with van der Waals surface area (Å²) in [5.41, 5.74) is 0. The first-order valence-electron chi connectivity index (χ1n) is 4.83. The van der Waals surface area contributed by atoms with Gasteiger partial charge in [0.1, 0.15) is 10.9 Å². The van der Waals surface area contributed by atoms with Gasteiger partial charge >= 0.3 is 5.97 Å². The molecule has 0 amide bonds. The highest BCUT2D eigenvalue weighted by molar-refractivity contribution is 9.10. The van der Waals surface area contributed by atoms with Gasteiger partial charge < -0.3 is 10.2 Å². The van der Waals surface area contributed by atoms with Gasteiger partial charge in [-0.15, -0.1) is 0 Å². The Hall–Kier alpha value is -1.03. The van der Waals surface area contributed by atoms with Crippen molar-refractivity contribution in [2.75, 3.05) is 6.61 Å². The lowest BCUT2D eigenvalue weighted by atomic mass is 10.2. The molecular formula is C9H11BrN2O5S. The fourth-order valence-electron chi connectivity index (χ4n) is 1.16. The number of aliphatic hydroxyl groups excluding tert-OH is 1. The molecule has 1 unspecified atom stereocenters. The second-order valence-corrected chi connectivity index (χ2v) is 5.99. The number of hydrogen-bond donors (Lipinski definition) is 3. The second-order valence-electron chi connectivity index (χ2n) is 3.36. The van der Waals surface area contributed by atoms with Gasteiger partial charge in [-0.3, -0.25) is 9.78 Å². The molecule has 0 saturated carbocycles. The number of rotatable bonds is 6. The van der Waals surface area contributed by atoms with Crippen molar-refractivity contribution in [2.24, 2.45) is 0 Å². The van der Waals surface area contributed by atoms with Crippen molar-refractivity contribution in [3.63, 3.8) is 0 Å². The van der Waals surface area contributed by atoms with E-state index >= 15 is 0 Å². The van der Waals surface area contributed by atoms with Crippen LogP contribution in [0.5, 0.6) is 0 Å². The molecule has 0 saturated heterocycles. The van der Waals surface area contributed by atoms with E-state index in [9.17, 15) is 13.2 Å². The molecule has 0 fully saturated rings. The number of hydrogen-bond acceptors (Lipinski definition) is 5. The van der Waals surface area contributed by atoms with Crippen molar-refractivity contribution < 1.29 is 23.4 Å². The Morgan fingerprint density at radius 3 is 2.67 bits per heavy atom. The predicted molar refractivity (Wildman–Crippen MR) is 65.4 cm³/mol. The van der Waals surface area contributed by atoms with E-state index in [1.807, 2.05) is 4.72 Å². The third-order valence-electron chi connectivity index (χ3n) is 2.00. The van der Waals surface area contributed by atoms with Gasteiger partial charge in [0.15, 0.2) is 0 Å². The lowest BCUT2D eigenvalue weighted by Gasteiger charge is -2.13. The summed E-state index contributed by atoms with van der Waals surface area (Å²) < 4.78 is 26.2. The number of pyridine rings is 1. The van der Waals surface area contributed by atoms with Crippen LogP contribution in [0.2, 0.25) is 0 Å². The van der Waals surface area contributed by atoms with E-state index in [2.05, 4.69) is 20.9 Å². The van der Waals surface area contributed by atoms with Crippen LogP contribution in [-0.2, 0) is 14.8 Å². The van der Waals surface area contributed by atoms with Gasteiger partial charge in [0.05, 0.1) is 0 Å². The Kier molecular flexibility index (Phi) is 5.20. The molecule has 1 aromatic rings. The molecule has 7 nitrogen and oxygen atoms in total. The molecule has 1 aromatic heterocycles. The highest BCUT2D eigenvalue weighted by Crippen LogP contribution is 2.14. The molecule has 0 bridgehead atoms. The van der Waals surface area contributed by atoms with E-state index in [0.717, 1.165) is 6.20 Å². The molecular weight excluding hydrogens is 328 g/mol. The minimum Gasteiger partial charge on any atom is -0.480 e. The zero-order chi connectivity index (χ0) is 13.8. The zero-order valence-corrected chi connectivity index (χ0v) is 11.5. The minimum atomic E-state index is -3.98. The number of aliphatic hydroxyl groups is 1. The number of nitrogens with one attached hydrogen (secondary N) is 1. The van der Waals surface area contributed by atoms with Crippen molar-refractivity contribution in [3.05, 3.63) is 22.9 Å². The van der Waals surface area contributed by atoms with Crippen LogP contribution in [0.15, 0.2) is 27.8 Å². The number of aliphatic carboxylic acids is 1. The van der Waals surface area contributed by atoms with Gasteiger partial charge in [-0.2, -0.15) is 4.72 Å². The molecule has 0 aliphatic heterocycles. The lowest BCUT2D eigenvalue weighted by molar-refractivity contribution is -0.139. The lowest BCUT2D eigenvalue weighted by Crippen LogP contribution is -2.41. The molecule has 3 N–H and O–H groups in total. The fraction of sp³-hybridized carbons (Fsp3) is 0.333. The number of carboxylic acids is 1. The molecule has 0 spiro atoms. The number of nitrogens with zero attached hydrogens (tertiary/aromatic N) is 1.